The fraction of sp³-hybridized carbons (Fsp3) is 0.238. The van der Waals surface area contributed by atoms with Gasteiger partial charge < -0.3 is 4.90 Å². The van der Waals surface area contributed by atoms with Crippen LogP contribution in [0, 0.1) is 0 Å². The molecule has 0 bridgehead atoms. The Morgan fingerprint density at radius 2 is 1.77 bits per heavy atom. The first kappa shape index (κ1) is 18.7. The molecule has 1 fully saturated rings. The molecule has 0 unspecified atom stereocenters. The zero-order valence-electron chi connectivity index (χ0n) is 15.0. The monoisotopic (exact) mass is 382 g/mol. The summed E-state index contributed by atoms with van der Waals surface area (Å²) in [6.45, 7) is 0.663. The molecule has 1 amide bonds. The van der Waals surface area contributed by atoms with Gasteiger partial charge in [-0.2, -0.15) is 0 Å². The molecule has 0 spiro atoms. The molecule has 1 heterocycles. The van der Waals surface area contributed by atoms with Crippen LogP contribution in [0.5, 0.6) is 0 Å². The summed E-state index contributed by atoms with van der Waals surface area (Å²) >= 11 is 6.81. The summed E-state index contributed by atoms with van der Waals surface area (Å²) in [5, 5.41) is 0. The molecule has 1 aliphatic rings. The van der Waals surface area contributed by atoms with E-state index in [4.69, 9.17) is 12.2 Å². The SMILES string of the molecule is CN(C)c1ccc(C=C2SC(=S)N(CCCc3ccccc3)C2=O)cc1. The zero-order chi connectivity index (χ0) is 18.5. The van der Waals surface area contributed by atoms with Gasteiger partial charge in [0.05, 0.1) is 4.91 Å². The van der Waals surface area contributed by atoms with Crippen molar-refractivity contribution in [2.75, 3.05) is 25.5 Å². The summed E-state index contributed by atoms with van der Waals surface area (Å²) in [6.07, 6.45) is 3.78. The Hall–Kier alpha value is -2.11. The van der Waals surface area contributed by atoms with E-state index in [1.807, 2.05) is 62.6 Å². The number of nitrogens with zero attached hydrogens (tertiary/aromatic N) is 2. The first-order valence-electron chi connectivity index (χ1n) is 8.61. The van der Waals surface area contributed by atoms with Crippen LogP contribution in [-0.4, -0.2) is 35.8 Å². The van der Waals surface area contributed by atoms with Crippen LogP contribution in [0.15, 0.2) is 59.5 Å². The Labute approximate surface area is 164 Å². The van der Waals surface area contributed by atoms with Crippen molar-refractivity contribution >= 4 is 46.0 Å². The van der Waals surface area contributed by atoms with E-state index in [9.17, 15) is 4.79 Å². The number of rotatable bonds is 6. The summed E-state index contributed by atoms with van der Waals surface area (Å²) in [4.78, 5) is 17.2. The average molecular weight is 383 g/mol. The fourth-order valence-corrected chi connectivity index (χ4v) is 4.11. The summed E-state index contributed by atoms with van der Waals surface area (Å²) in [5.74, 6) is 0.0183. The molecule has 2 aromatic carbocycles. The van der Waals surface area contributed by atoms with Crippen molar-refractivity contribution in [3.8, 4) is 0 Å². The molecule has 134 valence electrons. The van der Waals surface area contributed by atoms with Crippen molar-refractivity contribution < 1.29 is 4.79 Å². The molecule has 0 saturated carbocycles. The van der Waals surface area contributed by atoms with Gasteiger partial charge in [0.15, 0.2) is 0 Å². The molecule has 5 heteroatoms. The summed E-state index contributed by atoms with van der Waals surface area (Å²) < 4.78 is 0.652. The number of thioether (sulfide) groups is 1. The Morgan fingerprint density at radius 1 is 1.08 bits per heavy atom. The molecule has 3 rings (SSSR count). The van der Waals surface area contributed by atoms with Crippen LogP contribution in [0.2, 0.25) is 0 Å². The van der Waals surface area contributed by atoms with E-state index in [0.29, 0.717) is 15.8 Å². The van der Waals surface area contributed by atoms with Crippen molar-refractivity contribution in [3.63, 3.8) is 0 Å². The Kier molecular flexibility index (Phi) is 6.12. The molecular formula is C21H22N2OS2. The van der Waals surface area contributed by atoms with E-state index < -0.39 is 0 Å². The molecule has 1 aliphatic heterocycles. The lowest BCUT2D eigenvalue weighted by atomic mass is 10.1. The van der Waals surface area contributed by atoms with Gasteiger partial charge in [-0.1, -0.05) is 66.4 Å². The largest absolute Gasteiger partial charge is 0.378 e. The van der Waals surface area contributed by atoms with Crippen molar-refractivity contribution in [2.24, 2.45) is 0 Å². The van der Waals surface area contributed by atoms with Gasteiger partial charge in [-0.3, -0.25) is 9.69 Å². The van der Waals surface area contributed by atoms with E-state index in [1.165, 1.54) is 17.3 Å². The number of carbonyl (C=O) groups is 1. The van der Waals surface area contributed by atoms with Gasteiger partial charge in [0.1, 0.15) is 4.32 Å². The molecular weight excluding hydrogens is 360 g/mol. The van der Waals surface area contributed by atoms with E-state index in [-0.39, 0.29) is 5.91 Å². The van der Waals surface area contributed by atoms with Crippen LogP contribution in [0.4, 0.5) is 5.69 Å². The van der Waals surface area contributed by atoms with Crippen molar-refractivity contribution in [1.29, 1.82) is 0 Å². The lowest BCUT2D eigenvalue weighted by molar-refractivity contribution is -0.122. The molecule has 2 aromatic rings. The Balaban J connectivity index is 1.62. The van der Waals surface area contributed by atoms with Crippen LogP contribution < -0.4 is 4.90 Å². The van der Waals surface area contributed by atoms with Crippen LogP contribution in [-0.2, 0) is 11.2 Å². The van der Waals surface area contributed by atoms with E-state index >= 15 is 0 Å². The third-order valence-corrected chi connectivity index (χ3v) is 5.65. The lowest BCUT2D eigenvalue weighted by Gasteiger charge is -2.14. The topological polar surface area (TPSA) is 23.6 Å². The molecule has 0 atom stereocenters. The van der Waals surface area contributed by atoms with Gasteiger partial charge in [-0.25, -0.2) is 0 Å². The number of hydrogen-bond donors (Lipinski definition) is 0. The third kappa shape index (κ3) is 4.54. The van der Waals surface area contributed by atoms with E-state index in [0.717, 1.165) is 24.1 Å². The maximum Gasteiger partial charge on any atom is 0.266 e. The first-order chi connectivity index (χ1) is 12.5. The summed E-state index contributed by atoms with van der Waals surface area (Å²) in [7, 11) is 4.02. The minimum absolute atomic E-state index is 0.0183. The number of hydrogen-bond acceptors (Lipinski definition) is 4. The lowest BCUT2D eigenvalue weighted by Crippen LogP contribution is -2.29. The number of aryl methyl sites for hydroxylation is 1. The predicted octanol–water partition coefficient (Wildman–Crippen LogP) is 4.59. The zero-order valence-corrected chi connectivity index (χ0v) is 16.6. The van der Waals surface area contributed by atoms with E-state index in [2.05, 4.69) is 17.0 Å². The Morgan fingerprint density at radius 3 is 2.42 bits per heavy atom. The van der Waals surface area contributed by atoms with Gasteiger partial charge in [0.25, 0.3) is 5.91 Å². The van der Waals surface area contributed by atoms with Gasteiger partial charge in [-0.15, -0.1) is 0 Å². The molecule has 0 aromatic heterocycles. The molecule has 3 nitrogen and oxygen atoms in total. The molecule has 0 N–H and O–H groups in total. The standard InChI is InChI=1S/C21H22N2OS2/c1-22(2)18-12-10-17(11-13-18)15-19-20(24)23(21(25)26-19)14-6-9-16-7-4-3-5-8-16/h3-5,7-8,10-13,15H,6,9,14H2,1-2H3. The van der Waals surface area contributed by atoms with Crippen LogP contribution in [0.1, 0.15) is 17.5 Å². The van der Waals surface area contributed by atoms with Crippen molar-refractivity contribution in [3.05, 3.63) is 70.6 Å². The van der Waals surface area contributed by atoms with Crippen LogP contribution in [0.25, 0.3) is 6.08 Å². The number of benzene rings is 2. The number of thiocarbonyl (C=S) groups is 1. The van der Waals surface area contributed by atoms with Gasteiger partial charge >= 0.3 is 0 Å². The average Bonchev–Trinajstić information content (AvgIpc) is 2.90. The highest BCUT2D eigenvalue weighted by molar-refractivity contribution is 8.26. The van der Waals surface area contributed by atoms with Crippen LogP contribution >= 0.6 is 24.0 Å². The number of carbonyl (C=O) groups excluding carboxylic acids is 1. The number of anilines is 1. The Bertz CT molecular complexity index is 814. The maximum atomic E-state index is 12.7. The van der Waals surface area contributed by atoms with Gasteiger partial charge in [-0.05, 0) is 42.2 Å². The predicted molar refractivity (Wildman–Crippen MR) is 115 cm³/mol. The summed E-state index contributed by atoms with van der Waals surface area (Å²) in [5.41, 5.74) is 3.44. The van der Waals surface area contributed by atoms with Crippen molar-refractivity contribution in [1.82, 2.24) is 4.90 Å². The minimum atomic E-state index is 0.0183. The van der Waals surface area contributed by atoms with E-state index in [1.54, 1.807) is 4.90 Å². The highest BCUT2D eigenvalue weighted by Crippen LogP contribution is 2.33. The van der Waals surface area contributed by atoms with Gasteiger partial charge in [0.2, 0.25) is 0 Å². The minimum Gasteiger partial charge on any atom is -0.378 e. The second-order valence-corrected chi connectivity index (χ2v) is 8.08. The second kappa shape index (κ2) is 8.52. The van der Waals surface area contributed by atoms with Gasteiger partial charge in [0, 0.05) is 26.3 Å². The van der Waals surface area contributed by atoms with Crippen molar-refractivity contribution in [2.45, 2.75) is 12.8 Å². The first-order valence-corrected chi connectivity index (χ1v) is 9.84. The molecule has 0 radical (unpaired) electrons. The fourth-order valence-electron chi connectivity index (χ4n) is 2.80. The highest BCUT2D eigenvalue weighted by Gasteiger charge is 2.31. The quantitative estimate of drug-likeness (QED) is 0.539. The van der Waals surface area contributed by atoms with Crippen LogP contribution in [0.3, 0.4) is 0 Å². The second-order valence-electron chi connectivity index (χ2n) is 6.41. The normalized spacial score (nSPS) is 15.8. The molecule has 1 saturated heterocycles. The smallest absolute Gasteiger partial charge is 0.266 e. The molecule has 0 aliphatic carbocycles. The maximum absolute atomic E-state index is 12.7. The number of amides is 1. The highest BCUT2D eigenvalue weighted by atomic mass is 32.2. The third-order valence-electron chi connectivity index (χ3n) is 4.27. The molecule has 26 heavy (non-hydrogen) atoms. The summed E-state index contributed by atoms with van der Waals surface area (Å²) in [6, 6.07) is 18.5.